The molecule has 0 aliphatic heterocycles. The third kappa shape index (κ3) is 6.01. The highest BCUT2D eigenvalue weighted by Crippen LogP contribution is 2.24. The number of rotatable bonds is 4. The van der Waals surface area contributed by atoms with Crippen LogP contribution in [0.3, 0.4) is 0 Å². The van der Waals surface area contributed by atoms with Gasteiger partial charge in [-0.3, -0.25) is 14.8 Å². The van der Waals surface area contributed by atoms with Crippen molar-refractivity contribution in [3.63, 3.8) is 0 Å². The van der Waals surface area contributed by atoms with Gasteiger partial charge in [0.2, 0.25) is 0 Å². The number of carboxylic acid groups (broad SMARTS) is 1. The lowest BCUT2D eigenvalue weighted by Gasteiger charge is -2.07. The van der Waals surface area contributed by atoms with Crippen LogP contribution >= 0.6 is 0 Å². The van der Waals surface area contributed by atoms with E-state index in [9.17, 15) is 31.7 Å². The number of hydrogen-bond donors (Lipinski definition) is 1. The molecular weight excluding hydrogens is 383 g/mol. The van der Waals surface area contributed by atoms with Crippen LogP contribution in [0.1, 0.15) is 0 Å². The Balaban J connectivity index is 0.000000412. The molecule has 0 aliphatic carbocycles. The topological polar surface area (TPSA) is 144 Å². The minimum atomic E-state index is -5.19. The highest BCUT2D eigenvalue weighted by molar-refractivity contribution is 7.92. The molecule has 9 nitrogen and oxygen atoms in total. The Labute approximate surface area is 144 Å². The summed E-state index contributed by atoms with van der Waals surface area (Å²) in [6.45, 7) is 0. The molecule has 0 bridgehead atoms. The van der Waals surface area contributed by atoms with Crippen LogP contribution in [0.25, 0.3) is 0 Å². The zero-order valence-electron chi connectivity index (χ0n) is 12.6. The molecule has 0 unspecified atom stereocenters. The predicted octanol–water partition coefficient (Wildman–Crippen LogP) is 0.508. The summed E-state index contributed by atoms with van der Waals surface area (Å²) in [5, 5.41) is 19.6. The molecule has 1 aromatic heterocycles. The maximum Gasteiger partial charge on any atom is 0.430 e. The molecule has 0 aliphatic rings. The van der Waals surface area contributed by atoms with Gasteiger partial charge in [-0.2, -0.15) is 13.2 Å². The summed E-state index contributed by atoms with van der Waals surface area (Å²) < 4.78 is 58.0. The second kappa shape index (κ2) is 8.24. The van der Waals surface area contributed by atoms with E-state index in [1.54, 1.807) is 0 Å². The van der Waals surface area contributed by atoms with Crippen molar-refractivity contribution in [3.8, 4) is 0 Å². The zero-order valence-corrected chi connectivity index (χ0v) is 13.4. The second-order valence-corrected chi connectivity index (χ2v) is 6.06. The van der Waals surface area contributed by atoms with Crippen molar-refractivity contribution in [2.75, 3.05) is 4.72 Å². The molecule has 0 fully saturated rings. The third-order valence-corrected chi connectivity index (χ3v) is 3.98. The number of carbonyl (C=O) groups is 1. The standard InChI is InChI=1S/C11H9N3O4S.C2HF3O2/c15-14(16)10-3-1-2-4-11(10)19(17,18)13-9-5-7-12-8-6-9;3-2(4,5)1(6)7/h1-8H,(H,12,13);(H,6,7). The van der Waals surface area contributed by atoms with Crippen LogP contribution in [-0.4, -0.2) is 25.5 Å². The molecule has 0 saturated heterocycles. The van der Waals surface area contributed by atoms with E-state index >= 15 is 0 Å². The number of nitrogens with one attached hydrogen (secondary N) is 2. The van der Waals surface area contributed by atoms with E-state index in [1.165, 1.54) is 42.7 Å². The highest BCUT2D eigenvalue weighted by Gasteiger charge is 2.28. The molecular formula is C13H10F3N3O6S. The predicted molar refractivity (Wildman–Crippen MR) is 78.0 cm³/mol. The number of aliphatic carboxylic acids is 1. The SMILES string of the molecule is O=C([O-])C(F)(F)F.O=[N+]([O-])c1ccccc1S(=O)(=O)Nc1cc[nH+]cc1. The number of nitro benzene ring substituents is 1. The number of carbonyl (C=O) groups excluding carboxylic acids is 1. The lowest BCUT2D eigenvalue weighted by Crippen LogP contribution is -2.37. The van der Waals surface area contributed by atoms with Crippen LogP contribution in [-0.2, 0) is 14.8 Å². The van der Waals surface area contributed by atoms with Crippen LogP contribution in [0.2, 0.25) is 0 Å². The first-order valence-electron chi connectivity index (χ1n) is 6.45. The lowest BCUT2D eigenvalue weighted by molar-refractivity contribution is -0.387. The van der Waals surface area contributed by atoms with Gasteiger partial charge in [-0.05, 0) is 6.07 Å². The maximum absolute atomic E-state index is 12.1. The normalized spacial score (nSPS) is 11.0. The number of nitro groups is 1. The van der Waals surface area contributed by atoms with Gasteiger partial charge in [-0.1, -0.05) is 12.1 Å². The Hall–Kier alpha value is -3.22. The number of halogens is 3. The fourth-order valence-electron chi connectivity index (χ4n) is 1.50. The number of carboxylic acids is 1. The van der Waals surface area contributed by atoms with Gasteiger partial charge in [-0.25, -0.2) is 13.4 Å². The van der Waals surface area contributed by atoms with Crippen molar-refractivity contribution in [3.05, 3.63) is 58.9 Å². The van der Waals surface area contributed by atoms with Crippen LogP contribution in [0.15, 0.2) is 53.7 Å². The first-order valence-corrected chi connectivity index (χ1v) is 7.94. The van der Waals surface area contributed by atoms with Gasteiger partial charge in [0.05, 0.1) is 10.6 Å². The Morgan fingerprint density at radius 2 is 1.62 bits per heavy atom. The maximum atomic E-state index is 12.1. The van der Waals surface area contributed by atoms with Crippen molar-refractivity contribution >= 4 is 27.4 Å². The average molecular weight is 393 g/mol. The highest BCUT2D eigenvalue weighted by atomic mass is 32.2. The van der Waals surface area contributed by atoms with Gasteiger partial charge in [0.1, 0.15) is 5.97 Å². The summed E-state index contributed by atoms with van der Waals surface area (Å²) in [4.78, 5) is 21.3. The van der Waals surface area contributed by atoms with Crippen LogP contribution in [0, 0.1) is 10.1 Å². The van der Waals surface area contributed by atoms with E-state index < -0.39 is 32.8 Å². The van der Waals surface area contributed by atoms with E-state index in [0.29, 0.717) is 5.69 Å². The van der Waals surface area contributed by atoms with E-state index in [1.807, 2.05) is 0 Å². The van der Waals surface area contributed by atoms with E-state index in [0.717, 1.165) is 6.07 Å². The van der Waals surface area contributed by atoms with Crippen molar-refractivity contribution in [2.45, 2.75) is 11.1 Å². The molecule has 1 heterocycles. The number of pyridine rings is 1. The van der Waals surface area contributed by atoms with E-state index in [4.69, 9.17) is 9.90 Å². The average Bonchev–Trinajstić information content (AvgIpc) is 2.55. The molecule has 140 valence electrons. The van der Waals surface area contributed by atoms with Gasteiger partial charge >= 0.3 is 6.18 Å². The van der Waals surface area contributed by atoms with Gasteiger partial charge in [0.15, 0.2) is 17.3 Å². The monoisotopic (exact) mass is 393 g/mol. The molecule has 0 atom stereocenters. The number of H-pyrrole nitrogens is 1. The number of aromatic nitrogens is 1. The molecule has 2 rings (SSSR count). The Morgan fingerprint density at radius 3 is 2.08 bits per heavy atom. The largest absolute Gasteiger partial charge is 0.542 e. The zero-order chi connectivity index (χ0) is 20.0. The number of alkyl halides is 3. The number of anilines is 1. The van der Waals surface area contributed by atoms with Gasteiger partial charge in [-0.15, -0.1) is 0 Å². The van der Waals surface area contributed by atoms with Crippen LogP contribution < -0.4 is 14.8 Å². The molecule has 2 aromatic rings. The van der Waals surface area contributed by atoms with Gasteiger partial charge in [0, 0.05) is 18.2 Å². The number of aromatic amines is 1. The first kappa shape index (κ1) is 20.8. The fraction of sp³-hybridized carbons (Fsp3) is 0.0769. The number of sulfonamides is 1. The van der Waals surface area contributed by atoms with Crippen molar-refractivity contribution < 1.29 is 41.4 Å². The smallest absolute Gasteiger partial charge is 0.430 e. The summed E-state index contributed by atoms with van der Waals surface area (Å²) in [6.07, 6.45) is -2.12. The van der Waals surface area contributed by atoms with Crippen molar-refractivity contribution in [2.24, 2.45) is 0 Å². The Bertz CT molecular complexity index is 887. The number of nitrogens with zero attached hydrogens (tertiary/aromatic N) is 1. The molecule has 0 radical (unpaired) electrons. The second-order valence-electron chi connectivity index (χ2n) is 4.40. The molecule has 2 N–H and O–H groups in total. The minimum Gasteiger partial charge on any atom is -0.542 e. The fourth-order valence-corrected chi connectivity index (χ4v) is 2.73. The van der Waals surface area contributed by atoms with E-state index in [2.05, 4.69) is 9.71 Å². The summed E-state index contributed by atoms with van der Waals surface area (Å²) in [7, 11) is -3.99. The molecule has 26 heavy (non-hydrogen) atoms. The van der Waals surface area contributed by atoms with Gasteiger partial charge in [0.25, 0.3) is 15.7 Å². The third-order valence-electron chi connectivity index (χ3n) is 2.55. The number of hydrogen-bond acceptors (Lipinski definition) is 6. The quantitative estimate of drug-likeness (QED) is 0.592. The van der Waals surface area contributed by atoms with Gasteiger partial charge < -0.3 is 9.90 Å². The minimum absolute atomic E-state index is 0.317. The summed E-state index contributed by atoms with van der Waals surface area (Å²) >= 11 is 0. The lowest BCUT2D eigenvalue weighted by atomic mass is 10.3. The number of para-hydroxylation sites is 1. The Morgan fingerprint density at radius 1 is 1.12 bits per heavy atom. The molecule has 0 saturated carbocycles. The molecule has 0 amide bonds. The van der Waals surface area contributed by atoms with E-state index in [-0.39, 0.29) is 4.90 Å². The van der Waals surface area contributed by atoms with Crippen molar-refractivity contribution in [1.82, 2.24) is 0 Å². The Kier molecular flexibility index (Phi) is 6.60. The van der Waals surface area contributed by atoms with Crippen LogP contribution in [0.5, 0.6) is 0 Å². The van der Waals surface area contributed by atoms with Crippen molar-refractivity contribution in [1.29, 1.82) is 0 Å². The first-order chi connectivity index (χ1) is 11.9. The number of benzene rings is 1. The molecule has 1 aromatic carbocycles. The summed E-state index contributed by atoms with van der Waals surface area (Å²) in [5.74, 6) is -3.01. The van der Waals surface area contributed by atoms with Crippen LogP contribution in [0.4, 0.5) is 24.5 Å². The summed E-state index contributed by atoms with van der Waals surface area (Å²) in [5.41, 5.74) is -0.144. The molecule has 13 heteroatoms. The molecule has 0 spiro atoms. The summed E-state index contributed by atoms with van der Waals surface area (Å²) in [6, 6.07) is 8.19.